The van der Waals surface area contributed by atoms with Gasteiger partial charge in [-0.15, -0.1) is 0 Å². The molecule has 4 aliphatic rings. The summed E-state index contributed by atoms with van der Waals surface area (Å²) in [5.74, 6) is 0.218. The number of aliphatic hydroxyl groups excluding tert-OH is 2. The lowest BCUT2D eigenvalue weighted by atomic mass is 9.54. The Morgan fingerprint density at radius 3 is 2.80 bits per heavy atom. The molecule has 0 aliphatic heterocycles. The lowest BCUT2D eigenvalue weighted by Crippen LogP contribution is -2.46. The van der Waals surface area contributed by atoms with Crippen molar-refractivity contribution in [3.8, 4) is 0 Å². The highest BCUT2D eigenvalue weighted by molar-refractivity contribution is 5.69. The van der Waals surface area contributed by atoms with Gasteiger partial charge in [0.1, 0.15) is 0 Å². The molecule has 0 spiro atoms. The smallest absolute Gasteiger partial charge is 0.306 e. The first-order chi connectivity index (χ1) is 11.7. The molecule has 3 saturated carbocycles. The average molecular weight is 348 g/mol. The van der Waals surface area contributed by atoms with Crippen molar-refractivity contribution >= 4 is 5.97 Å². The fourth-order valence-electron chi connectivity index (χ4n) is 6.26. The molecule has 5 heteroatoms. The molecule has 7 atom stereocenters. The first kappa shape index (κ1) is 17.3. The zero-order valence-corrected chi connectivity index (χ0v) is 14.7. The number of allylic oxidation sites excluding steroid dienone is 2. The van der Waals surface area contributed by atoms with E-state index >= 15 is 0 Å². The largest absolute Gasteiger partial charge is 0.481 e. The third-order valence-electron chi connectivity index (χ3n) is 7.50. The summed E-state index contributed by atoms with van der Waals surface area (Å²) in [6.45, 7) is 2.13. The maximum Gasteiger partial charge on any atom is 0.306 e. The van der Waals surface area contributed by atoms with Crippen LogP contribution >= 0.6 is 0 Å². The second kappa shape index (κ2) is 5.66. The Labute approximate surface area is 148 Å². The van der Waals surface area contributed by atoms with Crippen molar-refractivity contribution in [1.29, 1.82) is 0 Å². The summed E-state index contributed by atoms with van der Waals surface area (Å²) in [6, 6.07) is 0. The van der Waals surface area contributed by atoms with Crippen LogP contribution in [0, 0.1) is 23.2 Å². The summed E-state index contributed by atoms with van der Waals surface area (Å²) < 4.78 is 0. The van der Waals surface area contributed by atoms with Gasteiger partial charge in [0.05, 0.1) is 24.2 Å². The number of fused-ring (bicyclic) bond motifs is 5. The monoisotopic (exact) mass is 348 g/mol. The molecule has 1 unspecified atom stereocenters. The number of hydrogen-bond donors (Lipinski definition) is 4. The third kappa shape index (κ3) is 2.59. The summed E-state index contributed by atoms with van der Waals surface area (Å²) in [6.07, 6.45) is 7.09. The van der Waals surface area contributed by atoms with E-state index in [-0.39, 0.29) is 11.8 Å². The van der Waals surface area contributed by atoms with Crippen LogP contribution in [0.5, 0.6) is 0 Å². The number of hydrogen-bond acceptors (Lipinski definition) is 4. The quantitative estimate of drug-likeness (QED) is 0.612. The molecular formula is C20H28O5. The summed E-state index contributed by atoms with van der Waals surface area (Å²) in [7, 11) is 0. The first-order valence-electron chi connectivity index (χ1n) is 9.46. The lowest BCUT2D eigenvalue weighted by molar-refractivity contribution is -0.140. The number of aliphatic hydroxyl groups is 3. The van der Waals surface area contributed by atoms with Crippen LogP contribution in [0.1, 0.15) is 51.9 Å². The minimum Gasteiger partial charge on any atom is -0.481 e. The molecule has 0 aromatic heterocycles. The SMILES string of the molecule is C[C@]12CC[C@@H]3C4=CCC(O)(CC(=O)O)C=C4CC[C@H]3[C@@H]1C[C@@H](O)[C@@H]2O. The van der Waals surface area contributed by atoms with Crippen molar-refractivity contribution in [2.75, 3.05) is 0 Å². The molecule has 138 valence electrons. The van der Waals surface area contributed by atoms with E-state index in [2.05, 4.69) is 13.0 Å². The highest BCUT2D eigenvalue weighted by Crippen LogP contribution is 2.61. The molecule has 4 aliphatic carbocycles. The fraction of sp³-hybridized carbons (Fsp3) is 0.750. The standard InChI is InChI=1S/C20H28O5/c1-19-6-4-13-12-5-7-20(25,10-17(22)23)9-11(12)2-3-14(13)15(19)8-16(21)18(19)24/h5,9,13-16,18,21,24-25H,2-4,6-8,10H2,1H3,(H,22,23)/t13-,14-,15+,16-,18+,19+,20?/m1/s1. The molecule has 0 aromatic carbocycles. The van der Waals surface area contributed by atoms with E-state index in [0.29, 0.717) is 30.6 Å². The van der Waals surface area contributed by atoms with Crippen LogP contribution < -0.4 is 0 Å². The van der Waals surface area contributed by atoms with Gasteiger partial charge in [-0.3, -0.25) is 4.79 Å². The summed E-state index contributed by atoms with van der Waals surface area (Å²) in [5, 5.41) is 40.3. The molecule has 4 N–H and O–H groups in total. The number of rotatable bonds is 2. The van der Waals surface area contributed by atoms with Crippen LogP contribution in [0.2, 0.25) is 0 Å². The maximum atomic E-state index is 11.0. The van der Waals surface area contributed by atoms with Crippen LogP contribution in [0.25, 0.3) is 0 Å². The van der Waals surface area contributed by atoms with Gasteiger partial charge < -0.3 is 20.4 Å². The molecule has 0 radical (unpaired) electrons. The molecule has 0 saturated heterocycles. The van der Waals surface area contributed by atoms with Crippen molar-refractivity contribution in [3.05, 3.63) is 23.3 Å². The summed E-state index contributed by atoms with van der Waals surface area (Å²) >= 11 is 0. The van der Waals surface area contributed by atoms with Gasteiger partial charge in [-0.1, -0.05) is 13.0 Å². The molecule has 0 heterocycles. The molecule has 0 amide bonds. The van der Waals surface area contributed by atoms with E-state index < -0.39 is 23.8 Å². The molecular weight excluding hydrogens is 320 g/mol. The molecule has 0 aromatic rings. The highest BCUT2D eigenvalue weighted by atomic mass is 16.4. The second-order valence-electron chi connectivity index (χ2n) is 8.92. The van der Waals surface area contributed by atoms with Crippen LogP contribution in [0.15, 0.2) is 23.3 Å². The maximum absolute atomic E-state index is 11.0. The zero-order chi connectivity index (χ0) is 18.0. The highest BCUT2D eigenvalue weighted by Gasteiger charge is 2.58. The van der Waals surface area contributed by atoms with Gasteiger partial charge in [0.25, 0.3) is 0 Å². The number of carboxylic acids is 1. The Kier molecular flexibility index (Phi) is 3.91. The Morgan fingerprint density at radius 1 is 1.32 bits per heavy atom. The molecule has 3 fully saturated rings. The van der Waals surface area contributed by atoms with Gasteiger partial charge >= 0.3 is 5.97 Å². The van der Waals surface area contributed by atoms with Crippen molar-refractivity contribution < 1.29 is 25.2 Å². The minimum absolute atomic E-state index is 0.193. The normalized spacial score (nSPS) is 48.7. The van der Waals surface area contributed by atoms with E-state index in [1.165, 1.54) is 5.57 Å². The minimum atomic E-state index is -1.26. The first-order valence-corrected chi connectivity index (χ1v) is 9.46. The van der Waals surface area contributed by atoms with Gasteiger partial charge in [0.2, 0.25) is 0 Å². The average Bonchev–Trinajstić information content (AvgIpc) is 2.77. The van der Waals surface area contributed by atoms with Gasteiger partial charge in [-0.2, -0.15) is 0 Å². The van der Waals surface area contributed by atoms with E-state index in [1.807, 2.05) is 0 Å². The van der Waals surface area contributed by atoms with Crippen LogP contribution in [-0.2, 0) is 4.79 Å². The van der Waals surface area contributed by atoms with Crippen molar-refractivity contribution in [3.63, 3.8) is 0 Å². The van der Waals surface area contributed by atoms with Gasteiger partial charge in [-0.05, 0) is 78.9 Å². The van der Waals surface area contributed by atoms with Crippen LogP contribution in [0.4, 0.5) is 0 Å². The van der Waals surface area contributed by atoms with E-state index in [0.717, 1.165) is 31.3 Å². The Balaban J connectivity index is 1.59. The lowest BCUT2D eigenvalue weighted by Gasteiger charge is -2.51. The Morgan fingerprint density at radius 2 is 2.08 bits per heavy atom. The molecule has 25 heavy (non-hydrogen) atoms. The predicted molar refractivity (Wildman–Crippen MR) is 91.7 cm³/mol. The molecule has 0 bridgehead atoms. The van der Waals surface area contributed by atoms with Crippen LogP contribution in [0.3, 0.4) is 0 Å². The van der Waals surface area contributed by atoms with Crippen molar-refractivity contribution in [2.45, 2.75) is 69.7 Å². The zero-order valence-electron chi connectivity index (χ0n) is 14.7. The van der Waals surface area contributed by atoms with Crippen molar-refractivity contribution in [2.24, 2.45) is 23.2 Å². The van der Waals surface area contributed by atoms with Crippen LogP contribution in [-0.4, -0.2) is 44.2 Å². The van der Waals surface area contributed by atoms with Gasteiger partial charge in [0.15, 0.2) is 0 Å². The van der Waals surface area contributed by atoms with Gasteiger partial charge in [0, 0.05) is 0 Å². The Hall–Kier alpha value is -1.17. The summed E-state index contributed by atoms with van der Waals surface area (Å²) in [4.78, 5) is 11.0. The molecule has 4 rings (SSSR count). The van der Waals surface area contributed by atoms with Crippen molar-refractivity contribution in [1.82, 2.24) is 0 Å². The predicted octanol–water partition coefficient (Wildman–Crippen LogP) is 2.02. The second-order valence-corrected chi connectivity index (χ2v) is 8.92. The third-order valence-corrected chi connectivity index (χ3v) is 7.50. The number of aliphatic carboxylic acids is 1. The van der Waals surface area contributed by atoms with E-state index in [4.69, 9.17) is 5.11 Å². The number of carboxylic acid groups (broad SMARTS) is 1. The van der Waals surface area contributed by atoms with E-state index in [1.54, 1.807) is 6.08 Å². The molecule has 5 nitrogen and oxygen atoms in total. The Bertz CT molecular complexity index is 652. The summed E-state index contributed by atoms with van der Waals surface area (Å²) in [5.41, 5.74) is 0.935. The van der Waals surface area contributed by atoms with E-state index in [9.17, 15) is 20.1 Å². The topological polar surface area (TPSA) is 98.0 Å². The van der Waals surface area contributed by atoms with Gasteiger partial charge in [-0.25, -0.2) is 0 Å². The fourth-order valence-corrected chi connectivity index (χ4v) is 6.26. The number of carbonyl (C=O) groups is 1.